The Hall–Kier alpha value is -0.570. The molecule has 3 heteroatoms. The average molecular weight is 336 g/mol. The largest absolute Gasteiger partial charge is 0.375 e. The molecule has 2 nitrogen and oxygen atoms in total. The van der Waals surface area contributed by atoms with Gasteiger partial charge in [-0.2, -0.15) is 0 Å². The van der Waals surface area contributed by atoms with E-state index in [1.54, 1.807) is 0 Å². The number of hydrogen-bond acceptors (Lipinski definition) is 2. The molecule has 23 heavy (non-hydrogen) atoms. The lowest BCUT2D eigenvalue weighted by atomic mass is 9.75. The predicted molar refractivity (Wildman–Crippen MR) is 97.2 cm³/mol. The van der Waals surface area contributed by atoms with Crippen molar-refractivity contribution in [2.75, 3.05) is 13.2 Å². The van der Waals surface area contributed by atoms with Gasteiger partial charge in [-0.25, -0.2) is 0 Å². The SMILES string of the molecule is CC1(C)C[C@@H](NCC[C@](C)(c2ccc(Cl)cc2)C2CC2)CCO1. The standard InChI is InChI=1S/C20H30ClNO/c1-19(2)14-18(10-13-23-19)22-12-11-20(3,15-4-5-15)16-6-8-17(21)9-7-16/h6-9,15,18,22H,4-5,10-14H2,1-3H3/t18-,20-/m0/s1. The predicted octanol–water partition coefficient (Wildman–Crippen LogP) is 4.95. The number of hydrogen-bond donors (Lipinski definition) is 1. The zero-order valence-electron chi connectivity index (χ0n) is 14.7. The summed E-state index contributed by atoms with van der Waals surface area (Å²) in [5.41, 5.74) is 1.74. The minimum absolute atomic E-state index is 0.0197. The van der Waals surface area contributed by atoms with E-state index in [1.807, 2.05) is 12.1 Å². The maximum atomic E-state index is 6.07. The van der Waals surface area contributed by atoms with Crippen molar-refractivity contribution in [1.82, 2.24) is 5.32 Å². The van der Waals surface area contributed by atoms with Gasteiger partial charge in [-0.05, 0) is 81.5 Å². The topological polar surface area (TPSA) is 21.3 Å². The monoisotopic (exact) mass is 335 g/mol. The Morgan fingerprint density at radius 2 is 1.91 bits per heavy atom. The number of benzene rings is 1. The van der Waals surface area contributed by atoms with E-state index in [2.05, 4.69) is 38.2 Å². The Kier molecular flexibility index (Phi) is 5.06. The van der Waals surface area contributed by atoms with E-state index in [0.29, 0.717) is 6.04 Å². The summed E-state index contributed by atoms with van der Waals surface area (Å²) in [6, 6.07) is 9.10. The number of ether oxygens (including phenoxy) is 1. The first-order valence-electron chi connectivity index (χ1n) is 9.02. The Labute approximate surface area is 145 Å². The quantitative estimate of drug-likeness (QED) is 0.794. The van der Waals surface area contributed by atoms with Crippen molar-refractivity contribution >= 4 is 11.6 Å². The molecule has 2 atom stereocenters. The van der Waals surface area contributed by atoms with Crippen LogP contribution in [-0.2, 0) is 10.2 Å². The van der Waals surface area contributed by atoms with Crippen LogP contribution in [0, 0.1) is 5.92 Å². The fraction of sp³-hybridized carbons (Fsp3) is 0.700. The molecule has 1 N–H and O–H groups in total. The summed E-state index contributed by atoms with van der Waals surface area (Å²) < 4.78 is 5.82. The van der Waals surface area contributed by atoms with Gasteiger partial charge in [0.25, 0.3) is 0 Å². The molecule has 1 aromatic carbocycles. The normalized spacial score (nSPS) is 26.7. The van der Waals surface area contributed by atoms with Gasteiger partial charge in [0, 0.05) is 17.7 Å². The van der Waals surface area contributed by atoms with Gasteiger partial charge >= 0.3 is 0 Å². The molecule has 0 spiro atoms. The lowest BCUT2D eigenvalue weighted by Gasteiger charge is -2.37. The lowest BCUT2D eigenvalue weighted by Crippen LogP contribution is -2.45. The number of rotatable bonds is 6. The summed E-state index contributed by atoms with van der Waals surface area (Å²) >= 11 is 6.07. The molecule has 1 aliphatic carbocycles. The van der Waals surface area contributed by atoms with Crippen molar-refractivity contribution in [2.24, 2.45) is 5.92 Å². The summed E-state index contributed by atoms with van der Waals surface area (Å²) in [6.07, 6.45) is 6.16. The lowest BCUT2D eigenvalue weighted by molar-refractivity contribution is -0.0629. The van der Waals surface area contributed by atoms with Crippen LogP contribution in [0.2, 0.25) is 5.02 Å². The van der Waals surface area contributed by atoms with E-state index in [1.165, 1.54) is 24.8 Å². The smallest absolute Gasteiger partial charge is 0.0641 e. The molecule has 1 aromatic rings. The van der Waals surface area contributed by atoms with E-state index in [-0.39, 0.29) is 11.0 Å². The van der Waals surface area contributed by atoms with Crippen LogP contribution in [0.4, 0.5) is 0 Å². The Morgan fingerprint density at radius 3 is 2.52 bits per heavy atom. The number of halogens is 1. The van der Waals surface area contributed by atoms with Gasteiger partial charge in [0.05, 0.1) is 5.60 Å². The highest BCUT2D eigenvalue weighted by atomic mass is 35.5. The molecule has 0 radical (unpaired) electrons. The van der Waals surface area contributed by atoms with Gasteiger partial charge in [0.2, 0.25) is 0 Å². The van der Waals surface area contributed by atoms with Crippen LogP contribution < -0.4 is 5.32 Å². The van der Waals surface area contributed by atoms with Crippen LogP contribution in [0.5, 0.6) is 0 Å². The average Bonchev–Trinajstić information content (AvgIpc) is 3.31. The van der Waals surface area contributed by atoms with Crippen molar-refractivity contribution in [3.05, 3.63) is 34.9 Å². The molecule has 2 aliphatic rings. The Morgan fingerprint density at radius 1 is 1.22 bits per heavy atom. The molecule has 1 saturated carbocycles. The summed E-state index contributed by atoms with van der Waals surface area (Å²) in [6.45, 7) is 8.79. The van der Waals surface area contributed by atoms with Crippen LogP contribution in [0.15, 0.2) is 24.3 Å². The van der Waals surface area contributed by atoms with E-state index in [4.69, 9.17) is 16.3 Å². The second-order valence-electron chi connectivity index (χ2n) is 8.20. The van der Waals surface area contributed by atoms with Gasteiger partial charge in [0.15, 0.2) is 0 Å². The first-order chi connectivity index (χ1) is 10.9. The Bertz CT molecular complexity index is 523. The minimum atomic E-state index is 0.0197. The maximum Gasteiger partial charge on any atom is 0.0641 e. The molecule has 128 valence electrons. The van der Waals surface area contributed by atoms with Gasteiger partial charge in [-0.1, -0.05) is 30.7 Å². The van der Waals surface area contributed by atoms with Gasteiger partial charge in [-0.3, -0.25) is 0 Å². The molecular weight excluding hydrogens is 306 g/mol. The third kappa shape index (κ3) is 4.29. The van der Waals surface area contributed by atoms with Crippen molar-refractivity contribution in [3.8, 4) is 0 Å². The fourth-order valence-corrected chi connectivity index (χ4v) is 4.20. The molecule has 2 fully saturated rings. The summed E-state index contributed by atoms with van der Waals surface area (Å²) in [5.74, 6) is 0.830. The molecular formula is C20H30ClNO. The van der Waals surface area contributed by atoms with E-state index in [0.717, 1.165) is 36.9 Å². The van der Waals surface area contributed by atoms with Crippen LogP contribution in [0.3, 0.4) is 0 Å². The van der Waals surface area contributed by atoms with Gasteiger partial charge in [0.1, 0.15) is 0 Å². The van der Waals surface area contributed by atoms with Crippen LogP contribution in [0.25, 0.3) is 0 Å². The van der Waals surface area contributed by atoms with Crippen molar-refractivity contribution in [2.45, 2.75) is 69.9 Å². The molecule has 0 aromatic heterocycles. The third-order valence-corrected chi connectivity index (χ3v) is 6.01. The summed E-state index contributed by atoms with van der Waals surface area (Å²) in [4.78, 5) is 0. The maximum absolute atomic E-state index is 6.07. The fourth-order valence-electron chi connectivity index (χ4n) is 4.08. The molecule has 0 amide bonds. The molecule has 1 heterocycles. The van der Waals surface area contributed by atoms with Gasteiger partial charge < -0.3 is 10.1 Å². The summed E-state index contributed by atoms with van der Waals surface area (Å²) in [7, 11) is 0. The second kappa shape index (κ2) is 6.74. The zero-order valence-corrected chi connectivity index (χ0v) is 15.5. The third-order valence-electron chi connectivity index (χ3n) is 5.76. The minimum Gasteiger partial charge on any atom is -0.375 e. The van der Waals surface area contributed by atoms with Gasteiger partial charge in [-0.15, -0.1) is 0 Å². The van der Waals surface area contributed by atoms with E-state index < -0.39 is 0 Å². The van der Waals surface area contributed by atoms with E-state index in [9.17, 15) is 0 Å². The summed E-state index contributed by atoms with van der Waals surface area (Å²) in [5, 5.41) is 4.62. The number of nitrogens with one attached hydrogen (secondary N) is 1. The molecule has 0 unspecified atom stereocenters. The van der Waals surface area contributed by atoms with Crippen molar-refractivity contribution in [1.29, 1.82) is 0 Å². The highest BCUT2D eigenvalue weighted by molar-refractivity contribution is 6.30. The van der Waals surface area contributed by atoms with E-state index >= 15 is 0 Å². The van der Waals surface area contributed by atoms with Crippen LogP contribution in [-0.4, -0.2) is 24.8 Å². The van der Waals surface area contributed by atoms with Crippen molar-refractivity contribution in [3.63, 3.8) is 0 Å². The van der Waals surface area contributed by atoms with Crippen molar-refractivity contribution < 1.29 is 4.74 Å². The molecule has 3 rings (SSSR count). The highest BCUT2D eigenvalue weighted by Crippen LogP contribution is 2.49. The first-order valence-corrected chi connectivity index (χ1v) is 9.40. The Balaban J connectivity index is 1.59. The molecule has 1 aliphatic heterocycles. The molecule has 1 saturated heterocycles. The first kappa shape index (κ1) is 17.3. The second-order valence-corrected chi connectivity index (χ2v) is 8.64. The van der Waals surface area contributed by atoms with Crippen LogP contribution >= 0.6 is 11.6 Å². The zero-order chi connectivity index (χ0) is 16.5. The highest BCUT2D eigenvalue weighted by Gasteiger charge is 2.42. The van der Waals surface area contributed by atoms with Crippen LogP contribution in [0.1, 0.15) is 58.4 Å². The molecule has 0 bridgehead atoms.